The zero-order chi connectivity index (χ0) is 31.3. The quantitative estimate of drug-likeness (QED) is 0.341. The van der Waals surface area contributed by atoms with E-state index >= 15 is 0 Å². The Morgan fingerprint density at radius 3 is 2.19 bits per heavy atom. The van der Waals surface area contributed by atoms with Crippen LogP contribution < -0.4 is 5.32 Å². The van der Waals surface area contributed by atoms with Crippen LogP contribution in [0.5, 0.6) is 0 Å². The lowest BCUT2D eigenvalue weighted by Crippen LogP contribution is -2.66. The third-order valence-electron chi connectivity index (χ3n) is 13.6. The number of fused-ring (bicyclic) bond motifs is 7. The van der Waals surface area contributed by atoms with Crippen molar-refractivity contribution >= 4 is 17.7 Å². The summed E-state index contributed by atoms with van der Waals surface area (Å²) in [4.78, 5) is 39.2. The minimum atomic E-state index is -4.51. The van der Waals surface area contributed by atoms with Gasteiger partial charge in [0.1, 0.15) is 12.6 Å². The fourth-order valence-corrected chi connectivity index (χ4v) is 11.6. The summed E-state index contributed by atoms with van der Waals surface area (Å²) in [5.41, 5.74) is 0.0393. The number of halogens is 3. The van der Waals surface area contributed by atoms with Gasteiger partial charge in [0.2, 0.25) is 5.91 Å². The van der Waals surface area contributed by atoms with E-state index in [0.29, 0.717) is 30.3 Å². The van der Waals surface area contributed by atoms with Crippen LogP contribution in [0.2, 0.25) is 0 Å². The molecule has 5 aliphatic rings. The van der Waals surface area contributed by atoms with Crippen LogP contribution in [-0.4, -0.2) is 36.5 Å². The Morgan fingerprint density at radius 1 is 0.929 bits per heavy atom. The first-order valence-corrected chi connectivity index (χ1v) is 16.0. The highest BCUT2D eigenvalue weighted by atomic mass is 19.4. The van der Waals surface area contributed by atoms with Gasteiger partial charge >= 0.3 is 12.1 Å². The number of carbonyl (C=O) groups is 3. The lowest BCUT2D eigenvalue weighted by Gasteiger charge is -2.72. The Labute approximate surface area is 249 Å². The van der Waals surface area contributed by atoms with Crippen molar-refractivity contribution in [3.05, 3.63) is 11.1 Å². The number of Topliss-reactive ketones (excluding diaryl/α,β-unsaturated/α-hetero) is 1. The maximum absolute atomic E-state index is 13.7. The normalized spacial score (nSPS) is 42.8. The monoisotopic (exact) mass is 593 g/mol. The van der Waals surface area contributed by atoms with Crippen molar-refractivity contribution in [1.82, 2.24) is 5.32 Å². The Morgan fingerprint density at radius 2 is 1.60 bits per heavy atom. The number of hydrogen-bond acceptors (Lipinski definition) is 4. The third kappa shape index (κ3) is 4.34. The molecule has 5 nitrogen and oxygen atoms in total. The van der Waals surface area contributed by atoms with E-state index < -0.39 is 24.0 Å². The second-order valence-electron chi connectivity index (χ2n) is 16.0. The molecule has 0 bridgehead atoms. The van der Waals surface area contributed by atoms with Gasteiger partial charge in [-0.25, -0.2) is 0 Å². The van der Waals surface area contributed by atoms with E-state index in [4.69, 9.17) is 4.74 Å². The number of amides is 1. The molecule has 0 aliphatic heterocycles. The maximum Gasteiger partial charge on any atom is 0.405 e. The Hall–Kier alpha value is -1.86. The van der Waals surface area contributed by atoms with Crippen molar-refractivity contribution in [2.45, 2.75) is 125 Å². The SMILES string of the molecule is CC(=O)O[C@H]1CC[C@]2(C)[C@H]3CC[C@@H]4C5=C(C(C)C)C(=O)C[C@]5(C(=O)NCC(F)(F)F)CC[C@@]4(C)[C@]3(C)CC[C@H]2C1(C)C. The van der Waals surface area contributed by atoms with Gasteiger partial charge in [0.15, 0.2) is 5.78 Å². The fourth-order valence-electron chi connectivity index (χ4n) is 11.6. The first-order valence-electron chi connectivity index (χ1n) is 16.0. The zero-order valence-electron chi connectivity index (χ0n) is 26.7. The lowest BCUT2D eigenvalue weighted by molar-refractivity contribution is -0.232. The number of esters is 1. The smallest absolute Gasteiger partial charge is 0.405 e. The number of alkyl halides is 3. The first kappa shape index (κ1) is 31.6. The molecule has 236 valence electrons. The second kappa shape index (κ2) is 9.82. The van der Waals surface area contributed by atoms with E-state index in [1.165, 1.54) is 6.92 Å². The highest BCUT2D eigenvalue weighted by Crippen LogP contribution is 2.76. The summed E-state index contributed by atoms with van der Waals surface area (Å²) in [5.74, 6) is -0.211. The lowest BCUT2D eigenvalue weighted by atomic mass is 9.33. The van der Waals surface area contributed by atoms with Crippen molar-refractivity contribution in [1.29, 1.82) is 0 Å². The molecule has 0 unspecified atom stereocenters. The highest BCUT2D eigenvalue weighted by molar-refractivity contribution is 6.06. The van der Waals surface area contributed by atoms with Crippen LogP contribution in [0.3, 0.4) is 0 Å². The molecule has 42 heavy (non-hydrogen) atoms. The molecule has 0 aromatic rings. The van der Waals surface area contributed by atoms with Gasteiger partial charge in [-0.2, -0.15) is 13.2 Å². The van der Waals surface area contributed by atoms with Gasteiger partial charge in [0.25, 0.3) is 0 Å². The molecule has 0 aromatic heterocycles. The van der Waals surface area contributed by atoms with Crippen molar-refractivity contribution < 1.29 is 32.3 Å². The van der Waals surface area contributed by atoms with Gasteiger partial charge in [-0.15, -0.1) is 0 Å². The van der Waals surface area contributed by atoms with Crippen LogP contribution in [0.15, 0.2) is 11.1 Å². The van der Waals surface area contributed by atoms with Gasteiger partial charge in [0, 0.05) is 18.8 Å². The minimum Gasteiger partial charge on any atom is -0.462 e. The van der Waals surface area contributed by atoms with Gasteiger partial charge in [0.05, 0.1) is 5.41 Å². The van der Waals surface area contributed by atoms with E-state index in [2.05, 4.69) is 39.9 Å². The molecule has 0 spiro atoms. The van der Waals surface area contributed by atoms with E-state index in [-0.39, 0.29) is 57.8 Å². The molecule has 1 amide bonds. The van der Waals surface area contributed by atoms with Crippen LogP contribution in [0.25, 0.3) is 0 Å². The Balaban J connectivity index is 1.54. The summed E-state index contributed by atoms with van der Waals surface area (Å²) in [7, 11) is 0. The molecule has 5 rings (SSSR count). The first-order chi connectivity index (χ1) is 19.2. The van der Waals surface area contributed by atoms with Gasteiger partial charge in [-0.3, -0.25) is 14.4 Å². The second-order valence-corrected chi connectivity index (χ2v) is 16.0. The fraction of sp³-hybridized carbons (Fsp3) is 0.853. The van der Waals surface area contributed by atoms with Crippen LogP contribution in [0.4, 0.5) is 13.2 Å². The Bertz CT molecular complexity index is 1210. The topological polar surface area (TPSA) is 72.5 Å². The zero-order valence-corrected chi connectivity index (χ0v) is 26.7. The van der Waals surface area contributed by atoms with E-state index in [9.17, 15) is 27.6 Å². The van der Waals surface area contributed by atoms with E-state index in [1.807, 2.05) is 13.8 Å². The predicted octanol–water partition coefficient (Wildman–Crippen LogP) is 7.58. The summed E-state index contributed by atoms with van der Waals surface area (Å²) in [6, 6.07) is 0. The predicted molar refractivity (Wildman–Crippen MR) is 154 cm³/mol. The molecule has 0 saturated heterocycles. The van der Waals surface area contributed by atoms with Crippen molar-refractivity contribution in [3.8, 4) is 0 Å². The van der Waals surface area contributed by atoms with Crippen molar-refractivity contribution in [2.75, 3.05) is 6.54 Å². The van der Waals surface area contributed by atoms with E-state index in [0.717, 1.165) is 44.1 Å². The average molecular weight is 594 g/mol. The molecule has 0 radical (unpaired) electrons. The number of nitrogens with one attached hydrogen (secondary N) is 1. The summed E-state index contributed by atoms with van der Waals surface area (Å²) >= 11 is 0. The molecule has 1 N–H and O–H groups in total. The van der Waals surface area contributed by atoms with Gasteiger partial charge < -0.3 is 10.1 Å². The molecule has 4 fully saturated rings. The molecule has 5 aliphatic carbocycles. The van der Waals surface area contributed by atoms with Crippen LogP contribution >= 0.6 is 0 Å². The minimum absolute atomic E-state index is 0.0152. The largest absolute Gasteiger partial charge is 0.462 e. The number of ketones is 1. The molecule has 8 atom stereocenters. The van der Waals surface area contributed by atoms with Crippen LogP contribution in [0.1, 0.15) is 113 Å². The van der Waals surface area contributed by atoms with Crippen LogP contribution in [0, 0.1) is 50.7 Å². The van der Waals surface area contributed by atoms with Gasteiger partial charge in [-0.1, -0.05) is 48.5 Å². The summed E-state index contributed by atoms with van der Waals surface area (Å²) in [6.45, 7) is 15.8. The van der Waals surface area contributed by atoms with Crippen LogP contribution in [-0.2, 0) is 19.1 Å². The summed E-state index contributed by atoms with van der Waals surface area (Å²) in [5, 5.41) is 2.19. The Kier molecular flexibility index (Phi) is 7.38. The number of ether oxygens (including phenoxy) is 1. The number of hydrogen-bond donors (Lipinski definition) is 1. The molecule has 4 saturated carbocycles. The molecule has 8 heteroatoms. The molecule has 0 heterocycles. The van der Waals surface area contributed by atoms with Crippen molar-refractivity contribution in [3.63, 3.8) is 0 Å². The maximum atomic E-state index is 13.7. The number of allylic oxidation sites excluding steroid dienone is 1. The summed E-state index contributed by atoms with van der Waals surface area (Å²) < 4.78 is 45.3. The molecular formula is C34H50F3NO4. The summed E-state index contributed by atoms with van der Waals surface area (Å²) in [6.07, 6.45) is 2.14. The van der Waals surface area contributed by atoms with Crippen molar-refractivity contribution in [2.24, 2.45) is 50.7 Å². The highest BCUT2D eigenvalue weighted by Gasteiger charge is 2.71. The standard InChI is InChI=1S/C34H50F3NO4/c1-19(2)26-22(40)17-33(28(41)38-18-34(35,36)37)16-15-31(7)21(27(26)33)9-10-24-30(6)13-12-25(42-20(3)39)29(4,5)23(30)11-14-32(24,31)8/h19,21,23-25H,9-18H2,1-8H3,(H,38,41)/t21-,23+,24-,25+,30+,31-,32-,33-/m1/s1. The molecular weight excluding hydrogens is 543 g/mol. The van der Waals surface area contributed by atoms with E-state index in [1.54, 1.807) is 0 Å². The van der Waals surface area contributed by atoms with Gasteiger partial charge in [-0.05, 0) is 102 Å². The molecule has 0 aromatic carbocycles. The average Bonchev–Trinajstić information content (AvgIpc) is 3.17. The number of rotatable bonds is 4. The third-order valence-corrected chi connectivity index (χ3v) is 13.6. The number of carbonyl (C=O) groups excluding carboxylic acids is 3.